The molecule has 2 atom stereocenters. The van der Waals surface area contributed by atoms with Crippen molar-refractivity contribution in [2.24, 2.45) is 0 Å². The van der Waals surface area contributed by atoms with Crippen molar-refractivity contribution in [3.05, 3.63) is 35.9 Å². The van der Waals surface area contributed by atoms with Gasteiger partial charge in [0.05, 0.1) is 24.7 Å². The number of benzene rings is 1. The van der Waals surface area contributed by atoms with Gasteiger partial charge in [-0.1, -0.05) is 30.3 Å². The number of likely N-dealkylation sites (tertiary alicyclic amines) is 1. The highest BCUT2D eigenvalue weighted by Crippen LogP contribution is 2.33. The fourth-order valence-electron chi connectivity index (χ4n) is 3.98. The Morgan fingerprint density at radius 1 is 1.26 bits per heavy atom. The molecule has 2 aliphatic heterocycles. The van der Waals surface area contributed by atoms with Gasteiger partial charge in [-0.15, -0.1) is 0 Å². The molecule has 0 unspecified atom stereocenters. The number of amides is 1. The summed E-state index contributed by atoms with van der Waals surface area (Å²) in [6.07, 6.45) is 6.30. The number of hydrogen-bond acceptors (Lipinski definition) is 3. The molecular weight excluding hydrogens is 290 g/mol. The first-order chi connectivity index (χ1) is 11.2. The molecule has 2 aliphatic rings. The van der Waals surface area contributed by atoms with Crippen molar-refractivity contribution in [1.82, 2.24) is 4.90 Å². The van der Waals surface area contributed by atoms with E-state index in [1.807, 2.05) is 23.1 Å². The lowest BCUT2D eigenvalue weighted by molar-refractivity contribution is -0.140. The number of ether oxygens (including phenoxy) is 1. The maximum Gasteiger partial charge on any atom is 0.225 e. The Bertz CT molecular complexity index is 513. The second-order valence-corrected chi connectivity index (χ2v) is 6.89. The lowest BCUT2D eigenvalue weighted by Crippen LogP contribution is -2.52. The summed E-state index contributed by atoms with van der Waals surface area (Å²) in [5.41, 5.74) is 0.739. The maximum absolute atomic E-state index is 12.8. The highest BCUT2D eigenvalue weighted by atomic mass is 16.5. The minimum Gasteiger partial charge on any atom is -0.394 e. The second kappa shape index (κ2) is 7.45. The Labute approximate surface area is 138 Å². The molecule has 0 spiro atoms. The van der Waals surface area contributed by atoms with Crippen LogP contribution in [0.1, 0.15) is 44.1 Å². The Hall–Kier alpha value is -1.39. The van der Waals surface area contributed by atoms with Gasteiger partial charge in [0.15, 0.2) is 0 Å². The van der Waals surface area contributed by atoms with E-state index in [1.165, 1.54) is 5.56 Å². The summed E-state index contributed by atoms with van der Waals surface area (Å²) in [5, 5.41) is 10.1. The molecule has 3 rings (SSSR count). The molecule has 0 aromatic heterocycles. The van der Waals surface area contributed by atoms with Crippen LogP contribution in [0.25, 0.3) is 0 Å². The predicted molar refractivity (Wildman–Crippen MR) is 89.1 cm³/mol. The molecule has 126 valence electrons. The van der Waals surface area contributed by atoms with Crippen LogP contribution in [-0.4, -0.2) is 47.3 Å². The van der Waals surface area contributed by atoms with Crippen LogP contribution in [0.4, 0.5) is 0 Å². The van der Waals surface area contributed by atoms with Gasteiger partial charge in [0.1, 0.15) is 0 Å². The van der Waals surface area contributed by atoms with Crippen molar-refractivity contribution in [2.45, 2.75) is 56.6 Å². The monoisotopic (exact) mass is 317 g/mol. The first-order valence-electron chi connectivity index (χ1n) is 8.80. The lowest BCUT2D eigenvalue weighted by Gasteiger charge is -2.38. The third-order valence-electron chi connectivity index (χ3n) is 5.24. The number of hydrogen-bond donors (Lipinski definition) is 1. The van der Waals surface area contributed by atoms with E-state index in [4.69, 9.17) is 4.74 Å². The van der Waals surface area contributed by atoms with E-state index >= 15 is 0 Å². The molecule has 1 aromatic carbocycles. The largest absolute Gasteiger partial charge is 0.394 e. The fraction of sp³-hybridized carbons (Fsp3) is 0.632. The topological polar surface area (TPSA) is 49.8 Å². The van der Waals surface area contributed by atoms with E-state index in [1.54, 1.807) is 0 Å². The lowest BCUT2D eigenvalue weighted by atomic mass is 9.88. The predicted octanol–water partition coefficient (Wildman–Crippen LogP) is 2.54. The zero-order chi connectivity index (χ0) is 16.1. The highest BCUT2D eigenvalue weighted by Gasteiger charge is 2.43. The summed E-state index contributed by atoms with van der Waals surface area (Å²) < 4.78 is 5.72. The third kappa shape index (κ3) is 3.75. The van der Waals surface area contributed by atoms with Crippen LogP contribution in [0.5, 0.6) is 0 Å². The van der Waals surface area contributed by atoms with Crippen LogP contribution in [0, 0.1) is 0 Å². The molecule has 0 radical (unpaired) electrons. The van der Waals surface area contributed by atoms with Crippen LogP contribution < -0.4 is 0 Å². The molecule has 2 saturated heterocycles. The van der Waals surface area contributed by atoms with E-state index < -0.39 is 5.54 Å². The molecule has 0 saturated carbocycles. The Morgan fingerprint density at radius 2 is 2.09 bits per heavy atom. The zero-order valence-corrected chi connectivity index (χ0v) is 13.7. The van der Waals surface area contributed by atoms with Crippen molar-refractivity contribution >= 4 is 5.91 Å². The van der Waals surface area contributed by atoms with Crippen molar-refractivity contribution in [2.75, 3.05) is 19.8 Å². The van der Waals surface area contributed by atoms with E-state index in [0.29, 0.717) is 6.42 Å². The quantitative estimate of drug-likeness (QED) is 0.908. The first kappa shape index (κ1) is 16.5. The SMILES string of the molecule is O=C(C[C@@H]1CCCCO1)N1CCC[C@@]1(CO)Cc1ccccc1. The van der Waals surface area contributed by atoms with E-state index in [2.05, 4.69) is 12.1 Å². The minimum atomic E-state index is -0.437. The second-order valence-electron chi connectivity index (χ2n) is 6.89. The zero-order valence-electron chi connectivity index (χ0n) is 13.7. The van der Waals surface area contributed by atoms with Crippen LogP contribution >= 0.6 is 0 Å². The van der Waals surface area contributed by atoms with Gasteiger partial charge in [-0.05, 0) is 44.1 Å². The molecule has 2 heterocycles. The molecule has 2 fully saturated rings. The van der Waals surface area contributed by atoms with Gasteiger partial charge < -0.3 is 14.7 Å². The van der Waals surface area contributed by atoms with Gasteiger partial charge in [0, 0.05) is 13.2 Å². The van der Waals surface area contributed by atoms with Gasteiger partial charge in [0.2, 0.25) is 5.91 Å². The molecule has 4 nitrogen and oxygen atoms in total. The number of carbonyl (C=O) groups excluding carboxylic acids is 1. The maximum atomic E-state index is 12.8. The van der Waals surface area contributed by atoms with Crippen LogP contribution in [0.2, 0.25) is 0 Å². The van der Waals surface area contributed by atoms with Crippen molar-refractivity contribution in [1.29, 1.82) is 0 Å². The number of rotatable bonds is 5. The van der Waals surface area contributed by atoms with E-state index in [-0.39, 0.29) is 18.6 Å². The Morgan fingerprint density at radius 3 is 2.78 bits per heavy atom. The smallest absolute Gasteiger partial charge is 0.225 e. The Kier molecular flexibility index (Phi) is 5.34. The fourth-order valence-corrected chi connectivity index (χ4v) is 3.98. The highest BCUT2D eigenvalue weighted by molar-refractivity contribution is 5.78. The van der Waals surface area contributed by atoms with Gasteiger partial charge in [0.25, 0.3) is 0 Å². The van der Waals surface area contributed by atoms with Crippen LogP contribution in [-0.2, 0) is 16.0 Å². The first-order valence-corrected chi connectivity index (χ1v) is 8.80. The summed E-state index contributed by atoms with van der Waals surface area (Å²) in [6, 6.07) is 10.2. The molecule has 1 amide bonds. The van der Waals surface area contributed by atoms with Gasteiger partial charge in [-0.25, -0.2) is 0 Å². The van der Waals surface area contributed by atoms with Crippen molar-refractivity contribution < 1.29 is 14.6 Å². The normalized spacial score (nSPS) is 28.0. The van der Waals surface area contributed by atoms with E-state index in [9.17, 15) is 9.90 Å². The molecule has 0 bridgehead atoms. The van der Waals surface area contributed by atoms with Crippen molar-refractivity contribution in [3.8, 4) is 0 Å². The standard InChI is InChI=1S/C19H27NO3/c21-15-19(14-16-7-2-1-3-8-16)10-6-11-20(19)18(22)13-17-9-4-5-12-23-17/h1-3,7-8,17,21H,4-6,9-15H2/t17-,19-/m0/s1. The molecule has 23 heavy (non-hydrogen) atoms. The number of aliphatic hydroxyl groups is 1. The molecule has 1 aromatic rings. The summed E-state index contributed by atoms with van der Waals surface area (Å²) in [4.78, 5) is 14.7. The minimum absolute atomic E-state index is 0.0269. The molecule has 0 aliphatic carbocycles. The van der Waals surface area contributed by atoms with Gasteiger partial charge in [-0.2, -0.15) is 0 Å². The number of nitrogens with zero attached hydrogens (tertiary/aromatic N) is 1. The molecular formula is C19H27NO3. The van der Waals surface area contributed by atoms with Crippen molar-refractivity contribution in [3.63, 3.8) is 0 Å². The molecule has 4 heteroatoms. The van der Waals surface area contributed by atoms with Gasteiger partial charge in [-0.3, -0.25) is 4.79 Å². The molecule has 1 N–H and O–H groups in total. The average molecular weight is 317 g/mol. The van der Waals surface area contributed by atoms with Crippen LogP contribution in [0.15, 0.2) is 30.3 Å². The summed E-state index contributed by atoms with van der Waals surface area (Å²) >= 11 is 0. The third-order valence-corrected chi connectivity index (χ3v) is 5.24. The Balaban J connectivity index is 1.70. The summed E-state index contributed by atoms with van der Waals surface area (Å²) in [6.45, 7) is 1.55. The van der Waals surface area contributed by atoms with Crippen LogP contribution in [0.3, 0.4) is 0 Å². The van der Waals surface area contributed by atoms with Gasteiger partial charge >= 0.3 is 0 Å². The number of carbonyl (C=O) groups is 1. The summed E-state index contributed by atoms with van der Waals surface area (Å²) in [5.74, 6) is 0.138. The number of aliphatic hydroxyl groups excluding tert-OH is 1. The average Bonchev–Trinajstić information content (AvgIpc) is 3.01. The van der Waals surface area contributed by atoms with E-state index in [0.717, 1.165) is 51.7 Å². The summed E-state index contributed by atoms with van der Waals surface area (Å²) in [7, 11) is 0.